The molecule has 2 aromatic rings. The Kier molecular flexibility index (Phi) is 6.35. The molecule has 8 nitrogen and oxygen atoms in total. The molecule has 0 bridgehead atoms. The molecule has 1 aliphatic heterocycles. The van der Waals surface area contributed by atoms with Gasteiger partial charge < -0.3 is 14.1 Å². The third kappa shape index (κ3) is 4.49. The monoisotopic (exact) mass is 426 g/mol. The molecule has 1 aromatic heterocycles. The third-order valence-electron chi connectivity index (χ3n) is 5.03. The Hall–Kier alpha value is -2.30. The Morgan fingerprint density at radius 2 is 2.14 bits per heavy atom. The van der Waals surface area contributed by atoms with Crippen LogP contribution in [0.1, 0.15) is 23.4 Å². The van der Waals surface area contributed by atoms with Crippen molar-refractivity contribution in [3.63, 3.8) is 0 Å². The molecular formula is C19H23FN2O6S. The number of fused-ring (bicyclic) bond motifs is 1. The summed E-state index contributed by atoms with van der Waals surface area (Å²) in [5, 5.41) is -0.705. The summed E-state index contributed by atoms with van der Waals surface area (Å²) in [5.74, 6) is -1.33. The van der Waals surface area contributed by atoms with E-state index in [2.05, 4.69) is 0 Å². The summed E-state index contributed by atoms with van der Waals surface area (Å²) < 4.78 is 50.6. The van der Waals surface area contributed by atoms with E-state index in [0.29, 0.717) is 19.4 Å². The van der Waals surface area contributed by atoms with E-state index >= 15 is 0 Å². The normalized spacial score (nSPS) is 17.8. The minimum atomic E-state index is -3.61. The minimum absolute atomic E-state index is 0.00363. The quantitative estimate of drug-likeness (QED) is 0.694. The molecule has 0 spiro atoms. The fourth-order valence-electron chi connectivity index (χ4n) is 3.36. The van der Waals surface area contributed by atoms with E-state index in [4.69, 9.17) is 9.15 Å². The fourth-order valence-corrected chi connectivity index (χ4v) is 5.03. The van der Waals surface area contributed by atoms with Crippen LogP contribution < -0.4 is 5.43 Å². The van der Waals surface area contributed by atoms with E-state index in [1.165, 1.54) is 29.4 Å². The lowest BCUT2D eigenvalue weighted by molar-refractivity contribution is 0.0694. The van der Waals surface area contributed by atoms with Crippen LogP contribution in [0, 0.1) is 5.82 Å². The number of hydrogen-bond acceptors (Lipinski definition) is 6. The van der Waals surface area contributed by atoms with Crippen molar-refractivity contribution in [1.29, 1.82) is 0 Å². The first-order valence-electron chi connectivity index (χ1n) is 9.21. The van der Waals surface area contributed by atoms with Crippen LogP contribution in [0.4, 0.5) is 4.39 Å². The number of piperidine rings is 1. The van der Waals surface area contributed by atoms with Crippen LogP contribution in [0.25, 0.3) is 11.0 Å². The second-order valence-corrected chi connectivity index (χ2v) is 9.31. The van der Waals surface area contributed by atoms with Crippen LogP contribution in [0.2, 0.25) is 0 Å². The van der Waals surface area contributed by atoms with Gasteiger partial charge in [0.25, 0.3) is 5.91 Å². The van der Waals surface area contributed by atoms with Crippen molar-refractivity contribution < 1.29 is 26.8 Å². The number of amides is 1. The molecule has 1 amide bonds. The van der Waals surface area contributed by atoms with Crippen molar-refractivity contribution in [1.82, 2.24) is 9.21 Å². The number of ether oxygens (including phenoxy) is 1. The summed E-state index contributed by atoms with van der Waals surface area (Å²) >= 11 is 0. The predicted molar refractivity (Wildman–Crippen MR) is 105 cm³/mol. The van der Waals surface area contributed by atoms with Crippen molar-refractivity contribution in [2.75, 3.05) is 40.4 Å². The van der Waals surface area contributed by atoms with Crippen LogP contribution in [0.3, 0.4) is 0 Å². The Balaban J connectivity index is 1.82. The molecule has 1 atom stereocenters. The van der Waals surface area contributed by atoms with Gasteiger partial charge in [0.2, 0.25) is 10.0 Å². The second kappa shape index (κ2) is 8.60. The maximum atomic E-state index is 13.3. The van der Waals surface area contributed by atoms with Crippen LogP contribution in [-0.2, 0) is 14.8 Å². The Labute approximate surface area is 167 Å². The summed E-state index contributed by atoms with van der Waals surface area (Å²) in [7, 11) is -0.629. The van der Waals surface area contributed by atoms with E-state index in [1.807, 2.05) is 0 Å². The van der Waals surface area contributed by atoms with Crippen molar-refractivity contribution in [2.24, 2.45) is 0 Å². The van der Waals surface area contributed by atoms with E-state index in [1.54, 1.807) is 0 Å². The summed E-state index contributed by atoms with van der Waals surface area (Å²) in [4.78, 5) is 26.5. The maximum Gasteiger partial charge on any atom is 0.289 e. The van der Waals surface area contributed by atoms with Crippen molar-refractivity contribution in [2.45, 2.75) is 18.1 Å². The predicted octanol–water partition coefficient (Wildman–Crippen LogP) is 1.44. The van der Waals surface area contributed by atoms with Gasteiger partial charge in [0.15, 0.2) is 11.2 Å². The van der Waals surface area contributed by atoms with E-state index in [0.717, 1.165) is 18.2 Å². The van der Waals surface area contributed by atoms with Gasteiger partial charge in [-0.25, -0.2) is 17.1 Å². The summed E-state index contributed by atoms with van der Waals surface area (Å²) in [5.41, 5.74) is -0.433. The lowest BCUT2D eigenvalue weighted by atomic mass is 10.1. The van der Waals surface area contributed by atoms with Gasteiger partial charge in [0.05, 0.1) is 17.2 Å². The van der Waals surface area contributed by atoms with Gasteiger partial charge in [-0.1, -0.05) is 0 Å². The number of hydrogen-bond donors (Lipinski definition) is 0. The molecule has 1 aliphatic rings. The lowest BCUT2D eigenvalue weighted by Gasteiger charge is -2.34. The smallest absolute Gasteiger partial charge is 0.289 e. The van der Waals surface area contributed by atoms with Crippen molar-refractivity contribution >= 4 is 26.9 Å². The first kappa shape index (κ1) is 21.4. The molecular weight excluding hydrogens is 403 g/mol. The molecule has 0 radical (unpaired) electrons. The molecule has 1 aromatic carbocycles. The number of nitrogens with zero attached hydrogens (tertiary/aromatic N) is 2. The number of rotatable bonds is 6. The summed E-state index contributed by atoms with van der Waals surface area (Å²) in [6, 6.07) is 4.50. The summed E-state index contributed by atoms with van der Waals surface area (Å²) in [6.07, 6.45) is 0.946. The van der Waals surface area contributed by atoms with Gasteiger partial charge >= 0.3 is 0 Å². The maximum absolute atomic E-state index is 13.3. The zero-order valence-corrected chi connectivity index (χ0v) is 17.1. The van der Waals surface area contributed by atoms with Crippen molar-refractivity contribution in [3.8, 4) is 0 Å². The molecule has 29 heavy (non-hydrogen) atoms. The van der Waals surface area contributed by atoms with Crippen molar-refractivity contribution in [3.05, 3.63) is 46.1 Å². The van der Waals surface area contributed by atoms with Crippen LogP contribution in [-0.4, -0.2) is 69.2 Å². The molecule has 3 rings (SSSR count). The molecule has 0 aliphatic carbocycles. The SMILES string of the molecule is COCCN(C)S(=O)(=O)C1CCCN(C(=O)c2cc(=O)c3cc(F)ccc3o2)C1. The zero-order valence-electron chi connectivity index (χ0n) is 16.3. The fraction of sp³-hybridized carbons (Fsp3) is 0.474. The van der Waals surface area contributed by atoms with Gasteiger partial charge in [-0.15, -0.1) is 0 Å². The average Bonchev–Trinajstić information content (AvgIpc) is 2.71. The van der Waals surface area contributed by atoms with Gasteiger partial charge in [-0.2, -0.15) is 0 Å². The lowest BCUT2D eigenvalue weighted by Crippen LogP contribution is -2.49. The molecule has 1 saturated heterocycles. The van der Waals surface area contributed by atoms with Gasteiger partial charge in [0, 0.05) is 39.9 Å². The molecule has 2 heterocycles. The molecule has 0 saturated carbocycles. The topological polar surface area (TPSA) is 97.1 Å². The van der Waals surface area contributed by atoms with E-state index < -0.39 is 32.4 Å². The number of methoxy groups -OCH3 is 1. The number of carbonyl (C=O) groups excluding carboxylic acids is 1. The number of sulfonamides is 1. The third-order valence-corrected chi connectivity index (χ3v) is 7.31. The highest BCUT2D eigenvalue weighted by Gasteiger charge is 2.36. The van der Waals surface area contributed by atoms with Gasteiger partial charge in [0.1, 0.15) is 11.4 Å². The Bertz CT molecular complexity index is 1070. The van der Waals surface area contributed by atoms with E-state index in [9.17, 15) is 22.4 Å². The van der Waals surface area contributed by atoms with Gasteiger partial charge in [-0.05, 0) is 31.0 Å². The molecule has 0 N–H and O–H groups in total. The first-order valence-corrected chi connectivity index (χ1v) is 10.7. The number of likely N-dealkylation sites (N-methyl/N-ethyl adjacent to an activating group) is 1. The van der Waals surface area contributed by atoms with Crippen LogP contribution >= 0.6 is 0 Å². The molecule has 10 heteroatoms. The zero-order chi connectivity index (χ0) is 21.2. The second-order valence-electron chi connectivity index (χ2n) is 6.99. The van der Waals surface area contributed by atoms with Crippen LogP contribution in [0.5, 0.6) is 0 Å². The minimum Gasteiger partial charge on any atom is -0.451 e. The van der Waals surface area contributed by atoms with Gasteiger partial charge in [-0.3, -0.25) is 9.59 Å². The standard InChI is InChI=1S/C19H23FN2O6S/c1-21(8-9-27-2)29(25,26)14-4-3-7-22(12-14)19(24)18-11-16(23)15-10-13(20)5-6-17(15)28-18/h5-6,10-11,14H,3-4,7-9,12H2,1-2H3. The highest BCUT2D eigenvalue weighted by atomic mass is 32.2. The average molecular weight is 426 g/mol. The number of halogens is 1. The number of benzene rings is 1. The summed E-state index contributed by atoms with van der Waals surface area (Å²) in [6.45, 7) is 0.856. The van der Waals surface area contributed by atoms with E-state index in [-0.39, 0.29) is 36.4 Å². The Morgan fingerprint density at radius 1 is 1.38 bits per heavy atom. The largest absolute Gasteiger partial charge is 0.451 e. The number of likely N-dealkylation sites (tertiary alicyclic amines) is 1. The molecule has 1 unspecified atom stereocenters. The molecule has 158 valence electrons. The first-order chi connectivity index (χ1) is 13.7. The highest BCUT2D eigenvalue weighted by molar-refractivity contribution is 7.89. The highest BCUT2D eigenvalue weighted by Crippen LogP contribution is 2.22. The Morgan fingerprint density at radius 3 is 2.86 bits per heavy atom. The number of carbonyl (C=O) groups is 1. The van der Waals surface area contributed by atoms with Crippen LogP contribution in [0.15, 0.2) is 33.5 Å². The molecule has 1 fully saturated rings.